The molecule has 0 bridgehead atoms. The van der Waals surface area contributed by atoms with E-state index < -0.39 is 64.3 Å². The molecule has 0 atom stereocenters. The zero-order valence-electron chi connectivity index (χ0n) is 16.8. The second-order valence-corrected chi connectivity index (χ2v) is 7.09. The van der Waals surface area contributed by atoms with Crippen molar-refractivity contribution in [1.82, 2.24) is 14.8 Å². The summed E-state index contributed by atoms with van der Waals surface area (Å²) in [5.41, 5.74) is -8.48. The van der Waals surface area contributed by atoms with Crippen LogP contribution in [0.4, 0.5) is 64.3 Å². The minimum absolute atomic E-state index is 0.154. The van der Waals surface area contributed by atoms with Gasteiger partial charge in [-0.15, -0.1) is 10.2 Å². The summed E-state index contributed by atoms with van der Waals surface area (Å²) < 4.78 is 158. The lowest BCUT2D eigenvalue weighted by Crippen LogP contribution is -2.14. The molecule has 1 heterocycles. The van der Waals surface area contributed by atoms with Crippen LogP contribution < -0.4 is 5.32 Å². The van der Waals surface area contributed by atoms with Gasteiger partial charge in [-0.05, 0) is 43.3 Å². The Morgan fingerprint density at radius 2 is 0.943 bits per heavy atom. The standard InChI is InChI=1S/C19H10F12N4/c1-8-33-34-15(32-13-4-9(16(20,21)22)2-10(5-13)17(23,24)25)35(8)14-6-11(18(26,27)28)3-12(7-14)19(29,30)31/h2-7H,1H3,(H,32,34). The summed E-state index contributed by atoms with van der Waals surface area (Å²) in [6.45, 7) is 1.10. The molecule has 16 heteroatoms. The highest BCUT2D eigenvalue weighted by molar-refractivity contribution is 5.60. The number of rotatable bonds is 3. The third-order valence-electron chi connectivity index (χ3n) is 4.50. The molecule has 0 aliphatic heterocycles. The average molecular weight is 522 g/mol. The smallest absolute Gasteiger partial charge is 0.324 e. The molecule has 0 saturated carbocycles. The van der Waals surface area contributed by atoms with E-state index in [0.29, 0.717) is 16.7 Å². The van der Waals surface area contributed by atoms with Crippen molar-refractivity contribution < 1.29 is 52.7 Å². The summed E-state index contributed by atoms with van der Waals surface area (Å²) in [6.07, 6.45) is -20.8. The highest BCUT2D eigenvalue weighted by atomic mass is 19.4. The van der Waals surface area contributed by atoms with E-state index >= 15 is 0 Å². The van der Waals surface area contributed by atoms with Gasteiger partial charge in [-0.25, -0.2) is 0 Å². The normalized spacial score (nSPS) is 13.3. The van der Waals surface area contributed by atoms with Crippen molar-refractivity contribution in [3.63, 3.8) is 0 Å². The Bertz CT molecular complexity index is 1170. The molecule has 0 spiro atoms. The van der Waals surface area contributed by atoms with Crippen LogP contribution >= 0.6 is 0 Å². The van der Waals surface area contributed by atoms with Crippen LogP contribution in [0.1, 0.15) is 28.1 Å². The molecule has 4 nitrogen and oxygen atoms in total. The van der Waals surface area contributed by atoms with E-state index in [1.165, 1.54) is 0 Å². The second kappa shape index (κ2) is 8.34. The molecule has 0 aliphatic carbocycles. The quantitative estimate of drug-likeness (QED) is 0.365. The number of hydrogen-bond acceptors (Lipinski definition) is 3. The van der Waals surface area contributed by atoms with Crippen LogP contribution in [-0.2, 0) is 24.7 Å². The van der Waals surface area contributed by atoms with Gasteiger partial charge in [-0.3, -0.25) is 4.57 Å². The van der Waals surface area contributed by atoms with Gasteiger partial charge in [0, 0.05) is 5.69 Å². The van der Waals surface area contributed by atoms with Crippen molar-refractivity contribution in [2.24, 2.45) is 0 Å². The molecule has 0 unspecified atom stereocenters. The summed E-state index contributed by atoms with van der Waals surface area (Å²) in [4.78, 5) is 0. The average Bonchev–Trinajstić information content (AvgIpc) is 3.04. The van der Waals surface area contributed by atoms with E-state index in [2.05, 4.69) is 15.5 Å². The maximum atomic E-state index is 13.2. The first-order chi connectivity index (χ1) is 15.8. The Hall–Kier alpha value is -3.46. The van der Waals surface area contributed by atoms with Crippen molar-refractivity contribution in [2.45, 2.75) is 31.6 Å². The molecule has 1 N–H and O–H groups in total. The Labute approximate surface area is 187 Å². The molecular weight excluding hydrogens is 512 g/mol. The van der Waals surface area contributed by atoms with E-state index in [1.807, 2.05) is 0 Å². The number of alkyl halides is 12. The Kier molecular flexibility index (Phi) is 6.23. The van der Waals surface area contributed by atoms with Crippen LogP contribution in [0, 0.1) is 6.92 Å². The van der Waals surface area contributed by atoms with E-state index in [1.54, 1.807) is 0 Å². The minimum Gasteiger partial charge on any atom is -0.324 e. The second-order valence-electron chi connectivity index (χ2n) is 7.09. The Morgan fingerprint density at radius 1 is 0.571 bits per heavy atom. The molecular formula is C19H10F12N4. The van der Waals surface area contributed by atoms with E-state index in [-0.39, 0.29) is 30.1 Å². The number of nitrogens with zero attached hydrogens (tertiary/aromatic N) is 3. The Morgan fingerprint density at radius 3 is 1.31 bits per heavy atom. The van der Waals surface area contributed by atoms with Crippen molar-refractivity contribution in [1.29, 1.82) is 0 Å². The molecule has 0 saturated heterocycles. The highest BCUT2D eigenvalue weighted by Crippen LogP contribution is 2.40. The third-order valence-corrected chi connectivity index (χ3v) is 4.50. The predicted molar refractivity (Wildman–Crippen MR) is 95.8 cm³/mol. The van der Waals surface area contributed by atoms with Crippen molar-refractivity contribution in [3.8, 4) is 5.69 Å². The fourth-order valence-electron chi connectivity index (χ4n) is 2.98. The number of halogens is 12. The van der Waals surface area contributed by atoms with Gasteiger partial charge in [0.1, 0.15) is 5.82 Å². The predicted octanol–water partition coefficient (Wildman–Crippen LogP) is 7.39. The summed E-state index contributed by atoms with van der Waals surface area (Å²) in [7, 11) is 0. The molecule has 35 heavy (non-hydrogen) atoms. The first kappa shape index (κ1) is 26.2. The summed E-state index contributed by atoms with van der Waals surface area (Å²) in [5, 5.41) is 8.95. The van der Waals surface area contributed by atoms with Gasteiger partial charge < -0.3 is 5.32 Å². The van der Waals surface area contributed by atoms with E-state index in [4.69, 9.17) is 0 Å². The van der Waals surface area contributed by atoms with Crippen LogP contribution in [0.5, 0.6) is 0 Å². The number of hydrogen-bond donors (Lipinski definition) is 1. The number of nitrogens with one attached hydrogen (secondary N) is 1. The lowest BCUT2D eigenvalue weighted by Gasteiger charge is -2.17. The zero-order valence-corrected chi connectivity index (χ0v) is 16.8. The lowest BCUT2D eigenvalue weighted by atomic mass is 10.1. The maximum Gasteiger partial charge on any atom is 0.416 e. The molecule has 190 valence electrons. The SMILES string of the molecule is Cc1nnc(Nc2cc(C(F)(F)F)cc(C(F)(F)F)c2)n1-c1cc(C(F)(F)F)cc(C(F)(F)F)c1. The van der Waals surface area contributed by atoms with Gasteiger partial charge >= 0.3 is 24.7 Å². The van der Waals surface area contributed by atoms with Gasteiger partial charge in [0.2, 0.25) is 5.95 Å². The van der Waals surface area contributed by atoms with Crippen LogP contribution in [0.25, 0.3) is 5.69 Å². The molecule has 3 aromatic rings. The lowest BCUT2D eigenvalue weighted by molar-refractivity contribution is -0.144. The Balaban J connectivity index is 2.18. The van der Waals surface area contributed by atoms with Gasteiger partial charge in [-0.2, -0.15) is 52.7 Å². The van der Waals surface area contributed by atoms with Gasteiger partial charge in [0.05, 0.1) is 27.9 Å². The summed E-state index contributed by atoms with van der Waals surface area (Å²) in [5.74, 6) is -1.05. The fourth-order valence-corrected chi connectivity index (χ4v) is 2.98. The number of anilines is 2. The number of aryl methyl sites for hydroxylation is 1. The highest BCUT2D eigenvalue weighted by Gasteiger charge is 2.38. The van der Waals surface area contributed by atoms with Crippen LogP contribution in [0.2, 0.25) is 0 Å². The summed E-state index contributed by atoms with van der Waals surface area (Å²) >= 11 is 0. The largest absolute Gasteiger partial charge is 0.416 e. The zero-order chi connectivity index (χ0) is 26.6. The molecule has 0 fully saturated rings. The fraction of sp³-hybridized carbons (Fsp3) is 0.263. The molecule has 2 aromatic carbocycles. The van der Waals surface area contributed by atoms with Gasteiger partial charge in [0.15, 0.2) is 0 Å². The maximum absolute atomic E-state index is 13.2. The molecule has 0 radical (unpaired) electrons. The van der Waals surface area contributed by atoms with Crippen LogP contribution in [0.3, 0.4) is 0 Å². The van der Waals surface area contributed by atoms with Crippen LogP contribution in [-0.4, -0.2) is 14.8 Å². The van der Waals surface area contributed by atoms with E-state index in [0.717, 1.165) is 6.92 Å². The number of benzene rings is 2. The van der Waals surface area contributed by atoms with Gasteiger partial charge in [-0.1, -0.05) is 0 Å². The summed E-state index contributed by atoms with van der Waals surface area (Å²) in [6, 6.07) is 0.796. The van der Waals surface area contributed by atoms with Crippen molar-refractivity contribution in [2.75, 3.05) is 5.32 Å². The first-order valence-electron chi connectivity index (χ1n) is 9.05. The van der Waals surface area contributed by atoms with Crippen LogP contribution in [0.15, 0.2) is 36.4 Å². The third kappa shape index (κ3) is 5.79. The van der Waals surface area contributed by atoms with Crippen molar-refractivity contribution in [3.05, 3.63) is 64.5 Å². The molecule has 3 rings (SSSR count). The molecule has 1 aromatic heterocycles. The van der Waals surface area contributed by atoms with Crippen molar-refractivity contribution >= 4 is 11.6 Å². The first-order valence-corrected chi connectivity index (χ1v) is 9.05. The minimum atomic E-state index is -5.21. The van der Waals surface area contributed by atoms with E-state index in [9.17, 15) is 52.7 Å². The monoisotopic (exact) mass is 522 g/mol. The number of aromatic nitrogens is 3. The molecule has 0 amide bonds. The molecule has 0 aliphatic rings. The van der Waals surface area contributed by atoms with Gasteiger partial charge in [0.25, 0.3) is 0 Å². The topological polar surface area (TPSA) is 42.7 Å².